The number of imidazole rings is 1. The summed E-state index contributed by atoms with van der Waals surface area (Å²) in [6.07, 6.45) is 8.58. The van der Waals surface area contributed by atoms with Gasteiger partial charge in [-0.15, -0.1) is 0 Å². The minimum atomic E-state index is -0.578. The molecule has 2 fully saturated rings. The van der Waals surface area contributed by atoms with Gasteiger partial charge in [0.15, 0.2) is 0 Å². The van der Waals surface area contributed by atoms with Crippen LogP contribution >= 0.6 is 0 Å². The van der Waals surface area contributed by atoms with E-state index < -0.39 is 11.5 Å². The molecule has 0 radical (unpaired) electrons. The van der Waals surface area contributed by atoms with Crippen molar-refractivity contribution in [2.45, 2.75) is 38.3 Å². The molecule has 0 aromatic carbocycles. The molecule has 2 aliphatic rings. The highest BCUT2D eigenvalue weighted by Gasteiger charge is 2.49. The second kappa shape index (κ2) is 6.15. The third-order valence-corrected chi connectivity index (χ3v) is 4.85. The van der Waals surface area contributed by atoms with Crippen LogP contribution in [0.3, 0.4) is 0 Å². The predicted octanol–water partition coefficient (Wildman–Crippen LogP) is 0.236. The highest BCUT2D eigenvalue weighted by molar-refractivity contribution is 5.84. The van der Waals surface area contributed by atoms with Crippen molar-refractivity contribution in [1.29, 1.82) is 0 Å². The number of carbonyl (C=O) groups excluding carboxylic acids is 1. The van der Waals surface area contributed by atoms with Crippen molar-refractivity contribution in [1.82, 2.24) is 19.8 Å². The van der Waals surface area contributed by atoms with Crippen LogP contribution in [0.5, 0.6) is 0 Å². The van der Waals surface area contributed by atoms with E-state index in [-0.39, 0.29) is 5.91 Å². The van der Waals surface area contributed by atoms with E-state index in [1.54, 1.807) is 6.20 Å². The first-order valence-electron chi connectivity index (χ1n) is 7.85. The summed E-state index contributed by atoms with van der Waals surface area (Å²) in [5, 5.41) is 13.3. The van der Waals surface area contributed by atoms with Crippen molar-refractivity contribution in [3.8, 4) is 0 Å². The average Bonchev–Trinajstić information content (AvgIpc) is 2.99. The van der Waals surface area contributed by atoms with E-state index in [9.17, 15) is 9.90 Å². The number of hydrogen-bond acceptors (Lipinski definition) is 4. The highest BCUT2D eigenvalue weighted by Crippen LogP contribution is 2.37. The first-order chi connectivity index (χ1) is 10.2. The van der Waals surface area contributed by atoms with Crippen LogP contribution in [0.4, 0.5) is 0 Å². The summed E-state index contributed by atoms with van der Waals surface area (Å²) in [5.41, 5.74) is -0.578. The molecule has 0 unspecified atom stereocenters. The molecule has 2 saturated heterocycles. The van der Waals surface area contributed by atoms with E-state index in [4.69, 9.17) is 0 Å². The average molecular weight is 292 g/mol. The summed E-state index contributed by atoms with van der Waals surface area (Å²) in [7, 11) is 0. The first-order valence-corrected chi connectivity index (χ1v) is 7.85. The minimum Gasteiger partial charge on any atom is -0.392 e. The molecule has 3 heterocycles. The number of likely N-dealkylation sites (tertiary alicyclic amines) is 1. The molecular weight excluding hydrogens is 268 g/mol. The molecule has 2 aliphatic heterocycles. The zero-order valence-corrected chi connectivity index (χ0v) is 12.4. The number of amides is 1. The Hall–Kier alpha value is -1.40. The Balaban J connectivity index is 1.56. The normalized spacial score (nSPS) is 30.5. The predicted molar refractivity (Wildman–Crippen MR) is 78.6 cm³/mol. The van der Waals surface area contributed by atoms with Gasteiger partial charge in [-0.2, -0.15) is 0 Å². The number of rotatable bonds is 4. The fraction of sp³-hybridized carbons (Fsp3) is 0.733. The molecule has 1 amide bonds. The lowest BCUT2D eigenvalue weighted by Gasteiger charge is -2.47. The van der Waals surface area contributed by atoms with E-state index >= 15 is 0 Å². The zero-order chi connectivity index (χ0) is 14.7. The van der Waals surface area contributed by atoms with Crippen molar-refractivity contribution in [2.75, 3.05) is 26.2 Å². The highest BCUT2D eigenvalue weighted by atomic mass is 16.3. The fourth-order valence-electron chi connectivity index (χ4n) is 3.62. The quantitative estimate of drug-likeness (QED) is 0.834. The molecule has 21 heavy (non-hydrogen) atoms. The van der Waals surface area contributed by atoms with Crippen LogP contribution in [0.2, 0.25) is 0 Å². The molecule has 0 saturated carbocycles. The largest absolute Gasteiger partial charge is 0.392 e. The Labute approximate surface area is 125 Å². The fourth-order valence-corrected chi connectivity index (χ4v) is 3.62. The van der Waals surface area contributed by atoms with E-state index in [1.807, 2.05) is 12.5 Å². The third-order valence-electron chi connectivity index (χ3n) is 4.85. The number of piperidine rings is 2. The van der Waals surface area contributed by atoms with Crippen molar-refractivity contribution in [2.24, 2.45) is 5.41 Å². The number of aliphatic hydroxyl groups is 1. The van der Waals surface area contributed by atoms with Crippen LogP contribution in [0.15, 0.2) is 18.7 Å². The summed E-state index contributed by atoms with van der Waals surface area (Å²) in [5.74, 6) is 0.0422. The van der Waals surface area contributed by atoms with Gasteiger partial charge in [-0.3, -0.25) is 4.79 Å². The van der Waals surface area contributed by atoms with Gasteiger partial charge in [0.05, 0.1) is 17.8 Å². The number of carbonyl (C=O) groups is 1. The maximum atomic E-state index is 12.3. The molecule has 6 nitrogen and oxygen atoms in total. The molecule has 3 rings (SSSR count). The molecule has 1 spiro atoms. The van der Waals surface area contributed by atoms with Crippen LogP contribution in [-0.4, -0.2) is 57.7 Å². The summed E-state index contributed by atoms with van der Waals surface area (Å²) in [4.78, 5) is 18.6. The van der Waals surface area contributed by atoms with E-state index in [0.29, 0.717) is 13.0 Å². The summed E-state index contributed by atoms with van der Waals surface area (Å²) in [6, 6.07) is 0. The summed E-state index contributed by atoms with van der Waals surface area (Å²) in [6.45, 7) is 4.20. The van der Waals surface area contributed by atoms with Crippen molar-refractivity contribution < 1.29 is 9.90 Å². The second-order valence-electron chi connectivity index (χ2n) is 6.25. The molecule has 1 aromatic rings. The van der Waals surface area contributed by atoms with Gasteiger partial charge < -0.3 is 19.9 Å². The first kappa shape index (κ1) is 14.5. The number of nitrogens with zero attached hydrogens (tertiary/aromatic N) is 3. The molecular formula is C15H24N4O2. The van der Waals surface area contributed by atoms with Crippen molar-refractivity contribution >= 4 is 5.91 Å². The molecule has 116 valence electrons. The number of aliphatic hydroxyl groups excluding tert-OH is 1. The van der Waals surface area contributed by atoms with Crippen LogP contribution in [0, 0.1) is 5.41 Å². The van der Waals surface area contributed by atoms with E-state index in [1.165, 1.54) is 0 Å². The number of aromatic nitrogens is 2. The van der Waals surface area contributed by atoms with Gasteiger partial charge in [-0.1, -0.05) is 0 Å². The second-order valence-corrected chi connectivity index (χ2v) is 6.25. The molecule has 0 bridgehead atoms. The standard InChI is InChI=1S/C15H24N4O2/c20-13-3-9-18(7-2-8-19-10-6-16-12-19)11-15(13)4-1-5-17-14(15)21/h6,10,12-13,20H,1-5,7-9,11H2,(H,17,21)/t13-,15-/m1/s1. The maximum Gasteiger partial charge on any atom is 0.230 e. The summed E-state index contributed by atoms with van der Waals surface area (Å²) < 4.78 is 2.07. The monoisotopic (exact) mass is 292 g/mol. The van der Waals surface area contributed by atoms with Gasteiger partial charge in [0.1, 0.15) is 0 Å². The van der Waals surface area contributed by atoms with Crippen LogP contribution in [-0.2, 0) is 11.3 Å². The zero-order valence-electron chi connectivity index (χ0n) is 12.4. The molecule has 2 atom stereocenters. The van der Waals surface area contributed by atoms with Gasteiger partial charge in [-0.25, -0.2) is 4.98 Å². The van der Waals surface area contributed by atoms with Gasteiger partial charge in [0.2, 0.25) is 5.91 Å². The number of aryl methyl sites for hydroxylation is 1. The van der Waals surface area contributed by atoms with Gasteiger partial charge >= 0.3 is 0 Å². The Morgan fingerprint density at radius 2 is 2.38 bits per heavy atom. The Bertz CT molecular complexity index is 476. The lowest BCUT2D eigenvalue weighted by Crippen LogP contribution is -2.61. The van der Waals surface area contributed by atoms with Crippen molar-refractivity contribution in [3.05, 3.63) is 18.7 Å². The summed E-state index contributed by atoms with van der Waals surface area (Å²) >= 11 is 0. The van der Waals surface area contributed by atoms with Crippen LogP contribution in [0.1, 0.15) is 25.7 Å². The molecule has 0 aliphatic carbocycles. The Morgan fingerprint density at radius 1 is 1.48 bits per heavy atom. The van der Waals surface area contributed by atoms with E-state index in [2.05, 4.69) is 19.8 Å². The van der Waals surface area contributed by atoms with Crippen LogP contribution in [0.25, 0.3) is 0 Å². The number of hydrogen-bond donors (Lipinski definition) is 2. The van der Waals surface area contributed by atoms with Gasteiger partial charge in [0.25, 0.3) is 0 Å². The third kappa shape index (κ3) is 2.96. The smallest absolute Gasteiger partial charge is 0.230 e. The maximum absolute atomic E-state index is 12.3. The Kier molecular flexibility index (Phi) is 4.26. The minimum absolute atomic E-state index is 0.0422. The Morgan fingerprint density at radius 3 is 3.14 bits per heavy atom. The lowest BCUT2D eigenvalue weighted by atomic mass is 9.71. The number of nitrogens with one attached hydrogen (secondary N) is 1. The van der Waals surface area contributed by atoms with Gasteiger partial charge in [0, 0.05) is 38.6 Å². The molecule has 2 N–H and O–H groups in total. The van der Waals surface area contributed by atoms with Crippen molar-refractivity contribution in [3.63, 3.8) is 0 Å². The molecule has 6 heteroatoms. The van der Waals surface area contributed by atoms with E-state index in [0.717, 1.165) is 45.4 Å². The SMILES string of the molecule is O=C1NCCC[C@]12CN(CCCn1ccnc1)CC[C@H]2O. The lowest BCUT2D eigenvalue weighted by molar-refractivity contribution is -0.149. The molecule has 1 aromatic heterocycles. The van der Waals surface area contributed by atoms with Gasteiger partial charge in [-0.05, 0) is 32.2 Å². The van der Waals surface area contributed by atoms with Crippen LogP contribution < -0.4 is 5.32 Å². The topological polar surface area (TPSA) is 70.4 Å².